The van der Waals surface area contributed by atoms with Crippen LogP contribution in [0.2, 0.25) is 0 Å². The maximum atomic E-state index is 12.4. The normalized spacial score (nSPS) is 26.4. The summed E-state index contributed by atoms with van der Waals surface area (Å²) in [7, 11) is 0. The number of morpholine rings is 1. The van der Waals surface area contributed by atoms with E-state index < -0.39 is 0 Å². The zero-order chi connectivity index (χ0) is 14.5. The Hall–Kier alpha value is -0.0700. The molecule has 1 N–H and O–H groups in total. The first kappa shape index (κ1) is 21.0. The molecular formula is C16H31Cl2N3O2. The number of carbonyl (C=O) groups excluding carboxylic acids is 1. The maximum Gasteiger partial charge on any atom is 0.222 e. The number of rotatable bonds is 4. The van der Waals surface area contributed by atoms with E-state index in [0.717, 1.165) is 77.7 Å². The first-order valence-corrected chi connectivity index (χ1v) is 8.63. The minimum Gasteiger partial charge on any atom is -0.379 e. The van der Waals surface area contributed by atoms with Gasteiger partial charge in [0.1, 0.15) is 0 Å². The average molecular weight is 368 g/mol. The average Bonchev–Trinajstić information content (AvgIpc) is 3.04. The first-order chi connectivity index (χ1) is 10.3. The fraction of sp³-hybridized carbons (Fsp3) is 0.938. The monoisotopic (exact) mass is 367 g/mol. The van der Waals surface area contributed by atoms with Crippen molar-refractivity contribution in [2.45, 2.75) is 38.1 Å². The largest absolute Gasteiger partial charge is 0.379 e. The Labute approximate surface area is 152 Å². The molecule has 1 amide bonds. The van der Waals surface area contributed by atoms with E-state index >= 15 is 0 Å². The molecular weight excluding hydrogens is 337 g/mol. The second-order valence-corrected chi connectivity index (χ2v) is 6.66. The molecule has 0 aliphatic carbocycles. The highest BCUT2D eigenvalue weighted by Crippen LogP contribution is 2.21. The highest BCUT2D eigenvalue weighted by molar-refractivity contribution is 5.85. The van der Waals surface area contributed by atoms with Crippen LogP contribution in [0.15, 0.2) is 0 Å². The van der Waals surface area contributed by atoms with Crippen molar-refractivity contribution in [2.24, 2.45) is 5.92 Å². The summed E-state index contributed by atoms with van der Waals surface area (Å²) in [6, 6.07) is 0.566. The van der Waals surface area contributed by atoms with Crippen LogP contribution in [-0.2, 0) is 9.53 Å². The van der Waals surface area contributed by atoms with Crippen molar-refractivity contribution < 1.29 is 9.53 Å². The van der Waals surface area contributed by atoms with Gasteiger partial charge in [-0.2, -0.15) is 0 Å². The Morgan fingerprint density at radius 1 is 1.04 bits per heavy atom. The molecule has 0 aromatic rings. The number of halogens is 2. The van der Waals surface area contributed by atoms with Crippen molar-refractivity contribution >= 4 is 30.7 Å². The van der Waals surface area contributed by atoms with Gasteiger partial charge in [0.05, 0.1) is 13.2 Å². The van der Waals surface area contributed by atoms with E-state index in [1.54, 1.807) is 0 Å². The van der Waals surface area contributed by atoms with Crippen LogP contribution < -0.4 is 5.32 Å². The lowest BCUT2D eigenvalue weighted by Gasteiger charge is -2.32. The Morgan fingerprint density at radius 3 is 2.43 bits per heavy atom. The molecule has 3 aliphatic heterocycles. The van der Waals surface area contributed by atoms with Crippen LogP contribution in [0.3, 0.4) is 0 Å². The fourth-order valence-electron chi connectivity index (χ4n) is 3.87. The predicted molar refractivity (Wildman–Crippen MR) is 96.7 cm³/mol. The molecule has 0 aromatic heterocycles. The van der Waals surface area contributed by atoms with Crippen LogP contribution in [0.4, 0.5) is 0 Å². The topological polar surface area (TPSA) is 44.8 Å². The van der Waals surface area contributed by atoms with Crippen molar-refractivity contribution in [1.82, 2.24) is 15.1 Å². The van der Waals surface area contributed by atoms with Crippen LogP contribution in [0.5, 0.6) is 0 Å². The summed E-state index contributed by atoms with van der Waals surface area (Å²) < 4.78 is 5.41. The van der Waals surface area contributed by atoms with E-state index in [4.69, 9.17) is 4.74 Å². The SMILES string of the molecule is Cl.Cl.O=C(CCC1CCNCC1)N1CCC(N2CCOCC2)C1. The van der Waals surface area contributed by atoms with Gasteiger partial charge >= 0.3 is 0 Å². The van der Waals surface area contributed by atoms with Gasteiger partial charge in [-0.25, -0.2) is 0 Å². The highest BCUT2D eigenvalue weighted by atomic mass is 35.5. The van der Waals surface area contributed by atoms with Crippen LogP contribution in [0.1, 0.15) is 32.1 Å². The third-order valence-electron chi connectivity index (χ3n) is 5.30. The molecule has 3 rings (SSSR count). The van der Waals surface area contributed by atoms with Gasteiger partial charge in [-0.05, 0) is 44.7 Å². The number of nitrogens with zero attached hydrogens (tertiary/aromatic N) is 2. The third-order valence-corrected chi connectivity index (χ3v) is 5.30. The lowest BCUT2D eigenvalue weighted by molar-refractivity contribution is -0.130. The van der Waals surface area contributed by atoms with Gasteiger partial charge in [-0.3, -0.25) is 9.69 Å². The minimum absolute atomic E-state index is 0. The predicted octanol–water partition coefficient (Wildman–Crippen LogP) is 1.54. The molecule has 5 nitrogen and oxygen atoms in total. The van der Waals surface area contributed by atoms with Gasteiger partial charge in [-0.15, -0.1) is 24.8 Å². The Morgan fingerprint density at radius 2 is 1.74 bits per heavy atom. The minimum atomic E-state index is 0. The zero-order valence-corrected chi connectivity index (χ0v) is 15.5. The number of carbonyl (C=O) groups is 1. The van der Waals surface area contributed by atoms with Crippen LogP contribution in [-0.4, -0.2) is 74.2 Å². The van der Waals surface area contributed by atoms with Crippen LogP contribution in [0, 0.1) is 5.92 Å². The number of hydrogen-bond donors (Lipinski definition) is 1. The Bertz CT molecular complexity index is 348. The third kappa shape index (κ3) is 6.05. The van der Waals surface area contributed by atoms with Crippen LogP contribution >= 0.6 is 24.8 Å². The van der Waals surface area contributed by atoms with E-state index in [1.807, 2.05) is 0 Å². The molecule has 1 unspecified atom stereocenters. The summed E-state index contributed by atoms with van der Waals surface area (Å²) in [6.07, 6.45) is 5.45. The number of likely N-dealkylation sites (tertiary alicyclic amines) is 1. The molecule has 3 fully saturated rings. The second-order valence-electron chi connectivity index (χ2n) is 6.66. The van der Waals surface area contributed by atoms with E-state index in [1.165, 1.54) is 12.8 Å². The summed E-state index contributed by atoms with van der Waals surface area (Å²) in [5.74, 6) is 1.14. The molecule has 0 saturated carbocycles. The molecule has 136 valence electrons. The first-order valence-electron chi connectivity index (χ1n) is 8.63. The van der Waals surface area contributed by atoms with E-state index in [-0.39, 0.29) is 24.8 Å². The van der Waals surface area contributed by atoms with Gasteiger partial charge < -0.3 is 15.0 Å². The fourth-order valence-corrected chi connectivity index (χ4v) is 3.87. The molecule has 0 spiro atoms. The number of amides is 1. The van der Waals surface area contributed by atoms with Gasteiger partial charge in [-0.1, -0.05) is 0 Å². The smallest absolute Gasteiger partial charge is 0.222 e. The summed E-state index contributed by atoms with van der Waals surface area (Å²) >= 11 is 0. The number of hydrogen-bond acceptors (Lipinski definition) is 4. The lowest BCUT2D eigenvalue weighted by Crippen LogP contribution is -2.45. The van der Waals surface area contributed by atoms with Crippen LogP contribution in [0.25, 0.3) is 0 Å². The Balaban J connectivity index is 0.00000132. The number of nitrogens with one attached hydrogen (secondary N) is 1. The highest BCUT2D eigenvalue weighted by Gasteiger charge is 2.31. The molecule has 7 heteroatoms. The second kappa shape index (κ2) is 10.7. The van der Waals surface area contributed by atoms with Gasteiger partial charge in [0.25, 0.3) is 0 Å². The van der Waals surface area contributed by atoms with Crippen molar-refractivity contribution in [2.75, 3.05) is 52.5 Å². The molecule has 1 atom stereocenters. The lowest BCUT2D eigenvalue weighted by atomic mass is 9.93. The summed E-state index contributed by atoms with van der Waals surface area (Å²) in [5, 5.41) is 3.39. The van der Waals surface area contributed by atoms with Crippen molar-refractivity contribution in [3.8, 4) is 0 Å². The van der Waals surface area contributed by atoms with Gasteiger partial charge in [0.15, 0.2) is 0 Å². The van der Waals surface area contributed by atoms with E-state index in [2.05, 4.69) is 15.1 Å². The molecule has 3 saturated heterocycles. The van der Waals surface area contributed by atoms with Crippen molar-refractivity contribution in [1.29, 1.82) is 0 Å². The number of piperidine rings is 1. The number of ether oxygens (including phenoxy) is 1. The summed E-state index contributed by atoms with van der Waals surface area (Å²) in [6.45, 7) is 7.89. The molecule has 3 heterocycles. The summed E-state index contributed by atoms with van der Waals surface area (Å²) in [4.78, 5) is 17.0. The molecule has 23 heavy (non-hydrogen) atoms. The Kier molecular flexibility index (Phi) is 9.78. The zero-order valence-electron chi connectivity index (χ0n) is 13.9. The molecule has 0 bridgehead atoms. The van der Waals surface area contributed by atoms with E-state index in [0.29, 0.717) is 11.9 Å². The molecule has 0 aromatic carbocycles. The quantitative estimate of drug-likeness (QED) is 0.818. The summed E-state index contributed by atoms with van der Waals surface area (Å²) in [5.41, 5.74) is 0. The van der Waals surface area contributed by atoms with Crippen molar-refractivity contribution in [3.63, 3.8) is 0 Å². The molecule has 0 radical (unpaired) electrons. The van der Waals surface area contributed by atoms with E-state index in [9.17, 15) is 4.79 Å². The molecule has 3 aliphatic rings. The standard InChI is InChI=1S/C16H29N3O2.2ClH/c20-16(2-1-14-3-6-17-7-4-14)19-8-5-15(13-19)18-9-11-21-12-10-18;;/h14-15,17H,1-13H2;2*1H. The van der Waals surface area contributed by atoms with Gasteiger partial charge in [0.2, 0.25) is 5.91 Å². The van der Waals surface area contributed by atoms with Gasteiger partial charge in [0, 0.05) is 38.6 Å². The van der Waals surface area contributed by atoms with Crippen molar-refractivity contribution in [3.05, 3.63) is 0 Å². The maximum absolute atomic E-state index is 12.4.